The summed E-state index contributed by atoms with van der Waals surface area (Å²) in [6.45, 7) is 7.05. The van der Waals surface area contributed by atoms with Gasteiger partial charge in [0.25, 0.3) is 0 Å². The van der Waals surface area contributed by atoms with E-state index in [4.69, 9.17) is 4.74 Å². The fourth-order valence-electron chi connectivity index (χ4n) is 4.81. The van der Waals surface area contributed by atoms with E-state index in [9.17, 15) is 24.0 Å². The fourth-order valence-corrected chi connectivity index (χ4v) is 5.45. The highest BCUT2D eigenvalue weighted by molar-refractivity contribution is 8.13. The molecule has 0 saturated carbocycles. The summed E-state index contributed by atoms with van der Waals surface area (Å²) in [6, 6.07) is 7.80. The van der Waals surface area contributed by atoms with Crippen LogP contribution in [0.25, 0.3) is 0 Å². The number of benzene rings is 1. The molecule has 0 aromatic heterocycles. The van der Waals surface area contributed by atoms with Gasteiger partial charge in [-0.25, -0.2) is 4.79 Å². The highest BCUT2D eigenvalue weighted by Gasteiger charge is 2.35. The summed E-state index contributed by atoms with van der Waals surface area (Å²) < 4.78 is 5.40. The predicted molar refractivity (Wildman–Crippen MR) is 148 cm³/mol. The highest BCUT2D eigenvalue weighted by atomic mass is 32.2. The van der Waals surface area contributed by atoms with Crippen LogP contribution in [0.4, 0.5) is 4.79 Å². The Labute approximate surface area is 234 Å². The lowest BCUT2D eigenvalue weighted by Gasteiger charge is -2.32. The third-order valence-electron chi connectivity index (χ3n) is 7.15. The highest BCUT2D eigenvalue weighted by Crippen LogP contribution is 2.21. The van der Waals surface area contributed by atoms with Crippen LogP contribution < -0.4 is 16.0 Å². The molecule has 1 aromatic carbocycles. The number of carbonyl (C=O) groups excluding carboxylic acids is 5. The van der Waals surface area contributed by atoms with Crippen molar-refractivity contribution in [2.45, 2.75) is 65.1 Å². The van der Waals surface area contributed by atoms with Crippen molar-refractivity contribution >= 4 is 40.7 Å². The Morgan fingerprint density at radius 1 is 1.08 bits per heavy atom. The summed E-state index contributed by atoms with van der Waals surface area (Å²) >= 11 is 1.11. The van der Waals surface area contributed by atoms with Crippen molar-refractivity contribution in [1.82, 2.24) is 20.9 Å². The van der Waals surface area contributed by atoms with Gasteiger partial charge in [0.2, 0.25) is 22.8 Å². The van der Waals surface area contributed by atoms with E-state index in [1.54, 1.807) is 4.90 Å². The summed E-state index contributed by atoms with van der Waals surface area (Å²) in [6.07, 6.45) is 1.38. The summed E-state index contributed by atoms with van der Waals surface area (Å²) in [4.78, 5) is 65.2. The average Bonchev–Trinajstić information content (AvgIpc) is 3.34. The number of hydrogen-bond donors (Lipinski definition) is 3. The van der Waals surface area contributed by atoms with Gasteiger partial charge in [-0.1, -0.05) is 62.9 Å². The molecule has 2 saturated heterocycles. The van der Waals surface area contributed by atoms with Crippen molar-refractivity contribution in [3.8, 4) is 0 Å². The minimum absolute atomic E-state index is 0.104. The number of rotatable bonds is 11. The van der Waals surface area contributed by atoms with Crippen molar-refractivity contribution < 1.29 is 28.7 Å². The zero-order valence-corrected chi connectivity index (χ0v) is 23.8. The molecule has 11 heteroatoms. The number of ether oxygens (including phenoxy) is 1. The molecule has 0 bridgehead atoms. The molecule has 4 amide bonds. The van der Waals surface area contributed by atoms with Crippen LogP contribution in [0.1, 0.15) is 52.0 Å². The monoisotopic (exact) mass is 560 g/mol. The number of nitrogens with one attached hydrogen (secondary N) is 3. The molecule has 10 nitrogen and oxygen atoms in total. The topological polar surface area (TPSA) is 134 Å². The van der Waals surface area contributed by atoms with Crippen molar-refractivity contribution in [2.75, 3.05) is 25.4 Å². The van der Waals surface area contributed by atoms with E-state index in [0.29, 0.717) is 44.6 Å². The first-order valence-electron chi connectivity index (χ1n) is 13.7. The Kier molecular flexibility index (Phi) is 11.6. The quantitative estimate of drug-likeness (QED) is 0.379. The molecule has 2 aliphatic rings. The van der Waals surface area contributed by atoms with Gasteiger partial charge in [-0.15, -0.1) is 0 Å². The largest absolute Gasteiger partial charge is 0.445 e. The van der Waals surface area contributed by atoms with E-state index < -0.39 is 24.1 Å². The van der Waals surface area contributed by atoms with Crippen molar-refractivity contribution in [3.63, 3.8) is 0 Å². The second-order valence-corrected chi connectivity index (χ2v) is 11.6. The molecule has 2 aliphatic heterocycles. The van der Waals surface area contributed by atoms with Crippen LogP contribution in [0.2, 0.25) is 0 Å². The summed E-state index contributed by atoms with van der Waals surface area (Å²) in [7, 11) is 0. The molecule has 0 spiro atoms. The van der Waals surface area contributed by atoms with Crippen molar-refractivity contribution in [1.29, 1.82) is 0 Å². The third-order valence-corrected chi connectivity index (χ3v) is 8.00. The lowest BCUT2D eigenvalue weighted by molar-refractivity contribution is -0.134. The first-order valence-corrected chi connectivity index (χ1v) is 14.7. The lowest BCUT2D eigenvalue weighted by atomic mass is 9.94. The number of likely N-dealkylation sites (tertiary alicyclic amines) is 1. The lowest BCUT2D eigenvalue weighted by Crippen LogP contribution is -2.55. The summed E-state index contributed by atoms with van der Waals surface area (Å²) in [5, 5.41) is 8.27. The van der Waals surface area contributed by atoms with Crippen molar-refractivity contribution in [2.24, 2.45) is 17.8 Å². The normalized spacial score (nSPS) is 19.2. The molecule has 1 aromatic rings. The van der Waals surface area contributed by atoms with Gasteiger partial charge in [0.1, 0.15) is 12.6 Å². The van der Waals surface area contributed by atoms with Crippen molar-refractivity contribution in [3.05, 3.63) is 35.9 Å². The van der Waals surface area contributed by atoms with Crippen LogP contribution in [-0.2, 0) is 30.5 Å². The molecule has 2 heterocycles. The second kappa shape index (κ2) is 14.9. The van der Waals surface area contributed by atoms with Crippen LogP contribution in [-0.4, -0.2) is 71.3 Å². The third kappa shape index (κ3) is 8.98. The number of amides is 4. The molecular weight excluding hydrogens is 520 g/mol. The molecule has 3 atom stereocenters. The predicted octanol–water partition coefficient (Wildman–Crippen LogP) is 2.47. The number of thioether (sulfide) groups is 1. The van der Waals surface area contributed by atoms with Gasteiger partial charge < -0.3 is 25.6 Å². The molecule has 3 rings (SSSR count). The number of piperidine rings is 1. The Balaban J connectivity index is 1.52. The van der Waals surface area contributed by atoms with E-state index in [1.807, 2.05) is 51.1 Å². The van der Waals surface area contributed by atoms with Gasteiger partial charge in [-0.3, -0.25) is 19.2 Å². The Hall–Kier alpha value is -3.08. The number of hydrogen-bond acceptors (Lipinski definition) is 7. The molecule has 214 valence electrons. The Morgan fingerprint density at radius 3 is 2.36 bits per heavy atom. The van der Waals surface area contributed by atoms with Gasteiger partial charge in [-0.05, 0) is 42.9 Å². The van der Waals surface area contributed by atoms with Crippen LogP contribution in [0.3, 0.4) is 0 Å². The van der Waals surface area contributed by atoms with Gasteiger partial charge in [-0.2, -0.15) is 0 Å². The molecular formula is C28H40N4O6S. The van der Waals surface area contributed by atoms with Gasteiger partial charge in [0.15, 0.2) is 0 Å². The van der Waals surface area contributed by atoms with E-state index >= 15 is 0 Å². The molecule has 0 aliphatic carbocycles. The van der Waals surface area contributed by atoms with Crippen LogP contribution in [0.5, 0.6) is 0 Å². The zero-order valence-electron chi connectivity index (χ0n) is 22.9. The SMILES string of the molecule is CCSC(=O)[C@H](C[C@@H]1CCNC1=O)NC(=O)[C@@H](NC(=O)C1CCN(C(=O)OCc2ccccc2)CC1)C(C)C. The Bertz CT molecular complexity index is 1010. The minimum atomic E-state index is -0.828. The van der Waals surface area contributed by atoms with Gasteiger partial charge >= 0.3 is 6.09 Å². The van der Waals surface area contributed by atoms with Crippen LogP contribution in [0, 0.1) is 17.8 Å². The second-order valence-electron chi connectivity index (χ2n) is 10.4. The van der Waals surface area contributed by atoms with Crippen LogP contribution >= 0.6 is 11.8 Å². The number of carbonyl (C=O) groups is 5. The molecule has 2 fully saturated rings. The summed E-state index contributed by atoms with van der Waals surface area (Å²) in [5.74, 6) is -1.11. The minimum Gasteiger partial charge on any atom is -0.445 e. The molecule has 0 radical (unpaired) electrons. The number of nitrogens with zero attached hydrogens (tertiary/aromatic N) is 1. The zero-order chi connectivity index (χ0) is 28.4. The maximum Gasteiger partial charge on any atom is 0.410 e. The molecule has 0 unspecified atom stereocenters. The molecule has 3 N–H and O–H groups in total. The van der Waals surface area contributed by atoms with E-state index in [2.05, 4.69) is 16.0 Å². The van der Waals surface area contributed by atoms with Gasteiger partial charge in [0, 0.05) is 31.5 Å². The Morgan fingerprint density at radius 2 is 1.77 bits per heavy atom. The smallest absolute Gasteiger partial charge is 0.410 e. The van der Waals surface area contributed by atoms with Crippen LogP contribution in [0.15, 0.2) is 30.3 Å². The first kappa shape index (κ1) is 30.5. The first-order chi connectivity index (χ1) is 18.7. The average molecular weight is 561 g/mol. The molecule has 39 heavy (non-hydrogen) atoms. The van der Waals surface area contributed by atoms with E-state index in [1.165, 1.54) is 0 Å². The van der Waals surface area contributed by atoms with E-state index in [-0.39, 0.29) is 47.7 Å². The summed E-state index contributed by atoms with van der Waals surface area (Å²) in [5.41, 5.74) is 0.904. The maximum atomic E-state index is 13.3. The maximum absolute atomic E-state index is 13.3. The fraction of sp³-hybridized carbons (Fsp3) is 0.607. The standard InChI is InChI=1S/C28H40N4O6S/c1-4-39-27(36)22(16-21-10-13-29-24(21)33)30-26(35)23(18(2)3)31-25(34)20-11-14-32(15-12-20)28(37)38-17-19-8-6-5-7-9-19/h5-9,18,20-23H,4,10-17H2,1-3H3,(H,29,33)(H,30,35)(H,31,34)/t21-,22-,23-/m0/s1. The van der Waals surface area contributed by atoms with E-state index in [0.717, 1.165) is 17.3 Å². The van der Waals surface area contributed by atoms with Gasteiger partial charge in [0.05, 0.1) is 6.04 Å².